The van der Waals surface area contributed by atoms with Gasteiger partial charge in [0.15, 0.2) is 5.82 Å². The highest BCUT2D eigenvalue weighted by Crippen LogP contribution is 2.46. The molecule has 6 rings (SSSR count). The Hall–Kier alpha value is -3.96. The molecule has 0 bridgehead atoms. The van der Waals surface area contributed by atoms with E-state index in [2.05, 4.69) is 15.0 Å². The predicted molar refractivity (Wildman–Crippen MR) is 112 cm³/mol. The Morgan fingerprint density at radius 3 is 2.82 bits per heavy atom. The van der Waals surface area contributed by atoms with Crippen LogP contribution in [0.3, 0.4) is 0 Å². The number of alkyl halides is 3. The van der Waals surface area contributed by atoms with Crippen LogP contribution in [0.5, 0.6) is 5.75 Å². The lowest BCUT2D eigenvalue weighted by Gasteiger charge is -2.36. The molecular weight excluding hydrogens is 456 g/mol. The predicted octanol–water partition coefficient (Wildman–Crippen LogP) is 3.76. The second-order valence-electron chi connectivity index (χ2n) is 8.30. The van der Waals surface area contributed by atoms with E-state index in [0.717, 1.165) is 12.1 Å². The maximum Gasteiger partial charge on any atom is 0.416 e. The quantitative estimate of drug-likeness (QED) is 0.424. The number of carbonyl (C=O) groups excluding carboxylic acids is 1. The number of fused-ring (bicyclic) bond motifs is 6. The Morgan fingerprint density at radius 1 is 1.21 bits per heavy atom. The highest BCUT2D eigenvalue weighted by Gasteiger charge is 2.44. The lowest BCUT2D eigenvalue weighted by molar-refractivity contribution is -0.137. The van der Waals surface area contributed by atoms with E-state index in [1.54, 1.807) is 4.90 Å². The minimum atomic E-state index is -4.49. The average molecular weight is 472 g/mol. The molecule has 0 saturated carbocycles. The number of pyridine rings is 1. The van der Waals surface area contributed by atoms with Gasteiger partial charge in [0.2, 0.25) is 5.95 Å². The summed E-state index contributed by atoms with van der Waals surface area (Å²) >= 11 is 0. The van der Waals surface area contributed by atoms with Gasteiger partial charge < -0.3 is 15.4 Å². The van der Waals surface area contributed by atoms with Crippen molar-refractivity contribution in [3.05, 3.63) is 59.6 Å². The summed E-state index contributed by atoms with van der Waals surface area (Å²) in [5.74, 6) is -1.13. The number of piperidine rings is 1. The van der Waals surface area contributed by atoms with Gasteiger partial charge in [-0.3, -0.25) is 9.20 Å². The summed E-state index contributed by atoms with van der Waals surface area (Å²) in [4.78, 5) is 27.1. The SMILES string of the molecule is Nc1nc2cnc(C(=O)N3CCC[C@@H]4Oc5cc(C(F)(F)F)ccc5[C@@H]43)cc2n2cnc(F)c12. The normalized spacial score (nSPS) is 19.8. The first kappa shape index (κ1) is 20.6. The molecule has 1 saturated heterocycles. The minimum Gasteiger partial charge on any atom is -0.488 e. The highest BCUT2D eigenvalue weighted by atomic mass is 19.4. The van der Waals surface area contributed by atoms with Gasteiger partial charge in [-0.25, -0.2) is 15.0 Å². The fourth-order valence-corrected chi connectivity index (χ4v) is 4.80. The number of rotatable bonds is 1. The van der Waals surface area contributed by atoms with Gasteiger partial charge in [-0.15, -0.1) is 0 Å². The van der Waals surface area contributed by atoms with Gasteiger partial charge in [0.25, 0.3) is 5.91 Å². The molecule has 2 aliphatic rings. The zero-order valence-corrected chi connectivity index (χ0v) is 17.4. The summed E-state index contributed by atoms with van der Waals surface area (Å²) in [6, 6.07) is 4.28. The van der Waals surface area contributed by atoms with E-state index < -0.39 is 35.7 Å². The van der Waals surface area contributed by atoms with Crippen LogP contribution in [0, 0.1) is 5.95 Å². The third-order valence-corrected chi connectivity index (χ3v) is 6.32. The number of hydrogen-bond acceptors (Lipinski definition) is 6. The molecule has 0 aliphatic carbocycles. The molecule has 2 aliphatic heterocycles. The van der Waals surface area contributed by atoms with Gasteiger partial charge in [0.1, 0.15) is 34.9 Å². The second-order valence-corrected chi connectivity index (χ2v) is 8.30. The molecule has 8 nitrogen and oxygen atoms in total. The topological polar surface area (TPSA) is 98.6 Å². The molecule has 2 N–H and O–H groups in total. The van der Waals surface area contributed by atoms with E-state index >= 15 is 0 Å². The minimum absolute atomic E-state index is 0.00581. The van der Waals surface area contributed by atoms with Crippen LogP contribution in [0.25, 0.3) is 16.6 Å². The smallest absolute Gasteiger partial charge is 0.416 e. The number of aromatic nitrogens is 4. The molecule has 1 fully saturated rings. The number of anilines is 1. The number of nitrogens with two attached hydrogens (primary N) is 1. The van der Waals surface area contributed by atoms with Gasteiger partial charge in [0, 0.05) is 12.1 Å². The maximum absolute atomic E-state index is 14.0. The van der Waals surface area contributed by atoms with Crippen LogP contribution in [0.15, 0.2) is 36.8 Å². The van der Waals surface area contributed by atoms with Gasteiger partial charge in [-0.1, -0.05) is 6.07 Å². The van der Waals surface area contributed by atoms with E-state index in [-0.39, 0.29) is 22.8 Å². The summed E-state index contributed by atoms with van der Waals surface area (Å²) < 4.78 is 60.7. The van der Waals surface area contributed by atoms with E-state index in [1.165, 1.54) is 29.1 Å². The summed E-state index contributed by atoms with van der Waals surface area (Å²) in [6.45, 7) is 0.388. The summed E-state index contributed by atoms with van der Waals surface area (Å²) in [6.07, 6.45) is -1.11. The standard InChI is InChI=1S/C22H16F4N6O2/c23-19-18-20(27)30-13-8-28-12(7-14(13)32(18)9-29-19)21(33)31-5-1-2-15-17(31)11-4-3-10(22(24,25)26)6-16(11)34-15/h3-4,6-9,15,17H,1-2,5H2,(H2,27,30)/t15-,17-/m0/s1. The van der Waals surface area contributed by atoms with Crippen molar-refractivity contribution in [1.29, 1.82) is 0 Å². The van der Waals surface area contributed by atoms with Crippen molar-refractivity contribution in [3.8, 4) is 5.75 Å². The van der Waals surface area contributed by atoms with Crippen molar-refractivity contribution in [2.75, 3.05) is 12.3 Å². The van der Waals surface area contributed by atoms with E-state index in [4.69, 9.17) is 10.5 Å². The number of imidazole rings is 1. The number of nitrogen functional groups attached to an aromatic ring is 1. The summed E-state index contributed by atoms with van der Waals surface area (Å²) in [5, 5.41) is 0. The molecule has 34 heavy (non-hydrogen) atoms. The first-order valence-corrected chi connectivity index (χ1v) is 10.5. The van der Waals surface area contributed by atoms with Crippen LogP contribution in [-0.4, -0.2) is 42.8 Å². The van der Waals surface area contributed by atoms with Crippen molar-refractivity contribution in [3.63, 3.8) is 0 Å². The zero-order chi connectivity index (χ0) is 23.8. The van der Waals surface area contributed by atoms with Crippen molar-refractivity contribution in [2.45, 2.75) is 31.2 Å². The average Bonchev–Trinajstić information content (AvgIpc) is 3.38. The Bertz CT molecular complexity index is 1480. The summed E-state index contributed by atoms with van der Waals surface area (Å²) in [5.41, 5.74) is 6.37. The molecule has 4 aromatic rings. The number of ether oxygens (including phenoxy) is 1. The molecule has 0 radical (unpaired) electrons. The number of amides is 1. The molecule has 1 amide bonds. The van der Waals surface area contributed by atoms with Crippen LogP contribution in [-0.2, 0) is 6.18 Å². The van der Waals surface area contributed by atoms with Crippen LogP contribution in [0.1, 0.15) is 40.5 Å². The number of likely N-dealkylation sites (tertiary alicyclic amines) is 1. The van der Waals surface area contributed by atoms with Crippen LogP contribution in [0.4, 0.5) is 23.4 Å². The molecule has 0 unspecified atom stereocenters. The van der Waals surface area contributed by atoms with Gasteiger partial charge in [0.05, 0.1) is 23.3 Å². The maximum atomic E-state index is 14.0. The Kier molecular flexibility index (Phi) is 4.26. The largest absolute Gasteiger partial charge is 0.488 e. The molecule has 0 spiro atoms. The molecule has 5 heterocycles. The monoisotopic (exact) mass is 472 g/mol. The molecule has 3 aromatic heterocycles. The van der Waals surface area contributed by atoms with Crippen molar-refractivity contribution in [1.82, 2.24) is 24.3 Å². The third-order valence-electron chi connectivity index (χ3n) is 6.32. The van der Waals surface area contributed by atoms with Crippen LogP contribution < -0.4 is 10.5 Å². The van der Waals surface area contributed by atoms with E-state index in [1.807, 2.05) is 0 Å². The van der Waals surface area contributed by atoms with E-state index in [0.29, 0.717) is 36.0 Å². The van der Waals surface area contributed by atoms with Crippen LogP contribution in [0.2, 0.25) is 0 Å². The van der Waals surface area contributed by atoms with Crippen LogP contribution >= 0.6 is 0 Å². The van der Waals surface area contributed by atoms with Crippen molar-refractivity contribution < 1.29 is 27.1 Å². The molecule has 1 aromatic carbocycles. The third kappa shape index (κ3) is 2.97. The molecule has 12 heteroatoms. The highest BCUT2D eigenvalue weighted by molar-refractivity contribution is 5.96. The number of carbonyl (C=O) groups is 1. The summed E-state index contributed by atoms with van der Waals surface area (Å²) in [7, 11) is 0. The fourth-order valence-electron chi connectivity index (χ4n) is 4.80. The fraction of sp³-hybridized carbons (Fsp3) is 0.273. The van der Waals surface area contributed by atoms with E-state index in [9.17, 15) is 22.4 Å². The molecular formula is C22H16F4N6O2. The van der Waals surface area contributed by atoms with Gasteiger partial charge in [-0.05, 0) is 31.0 Å². The number of benzene rings is 1. The Balaban J connectivity index is 1.40. The number of halogens is 4. The number of hydrogen-bond donors (Lipinski definition) is 1. The van der Waals surface area contributed by atoms with Crippen molar-refractivity contribution in [2.24, 2.45) is 0 Å². The van der Waals surface area contributed by atoms with Gasteiger partial charge in [-0.2, -0.15) is 17.6 Å². The lowest BCUT2D eigenvalue weighted by atomic mass is 9.93. The Labute approximate surface area is 189 Å². The van der Waals surface area contributed by atoms with Crippen molar-refractivity contribution >= 4 is 28.3 Å². The molecule has 174 valence electrons. The second kappa shape index (κ2) is 7.02. The number of nitrogens with zero attached hydrogens (tertiary/aromatic N) is 5. The first-order chi connectivity index (χ1) is 16.2. The Morgan fingerprint density at radius 2 is 2.03 bits per heavy atom. The first-order valence-electron chi connectivity index (χ1n) is 10.5. The molecule has 2 atom stereocenters. The van der Waals surface area contributed by atoms with Gasteiger partial charge >= 0.3 is 6.18 Å². The lowest BCUT2D eigenvalue weighted by Crippen LogP contribution is -2.44. The zero-order valence-electron chi connectivity index (χ0n) is 17.4.